The van der Waals surface area contributed by atoms with Gasteiger partial charge in [0.2, 0.25) is 5.91 Å². The summed E-state index contributed by atoms with van der Waals surface area (Å²) in [7, 11) is 0. The van der Waals surface area contributed by atoms with Crippen molar-refractivity contribution >= 4 is 34.0 Å². The summed E-state index contributed by atoms with van der Waals surface area (Å²) in [6.45, 7) is 3.30. The van der Waals surface area contributed by atoms with Crippen molar-refractivity contribution in [2.75, 3.05) is 10.6 Å². The number of rotatable bonds is 4. The number of aromatic hydroxyl groups is 1. The zero-order valence-corrected chi connectivity index (χ0v) is 13.6. The van der Waals surface area contributed by atoms with Gasteiger partial charge in [-0.3, -0.25) is 9.59 Å². The van der Waals surface area contributed by atoms with Crippen molar-refractivity contribution in [1.29, 1.82) is 0 Å². The Bertz CT molecular complexity index is 1030. The molecule has 0 saturated heterocycles. The molecule has 0 unspecified atom stereocenters. The number of hydrogen-bond donors (Lipinski definition) is 3. The van der Waals surface area contributed by atoms with Crippen LogP contribution in [0.25, 0.3) is 10.8 Å². The van der Waals surface area contributed by atoms with E-state index in [9.17, 15) is 19.1 Å². The molecule has 3 aromatic rings. The molecule has 0 spiro atoms. The predicted octanol–water partition coefficient (Wildman–Crippen LogP) is 4.06. The quantitative estimate of drug-likeness (QED) is 0.621. The van der Waals surface area contributed by atoms with Crippen molar-refractivity contribution in [2.45, 2.75) is 0 Å². The first-order valence-corrected chi connectivity index (χ1v) is 7.74. The van der Waals surface area contributed by atoms with E-state index in [1.54, 1.807) is 30.3 Å². The van der Waals surface area contributed by atoms with Gasteiger partial charge in [0, 0.05) is 16.6 Å². The second-order valence-corrected chi connectivity index (χ2v) is 5.56. The Morgan fingerprint density at radius 1 is 1.04 bits per heavy atom. The summed E-state index contributed by atoms with van der Waals surface area (Å²) >= 11 is 0. The lowest BCUT2D eigenvalue weighted by Crippen LogP contribution is -2.13. The lowest BCUT2D eigenvalue weighted by atomic mass is 10.1. The van der Waals surface area contributed by atoms with Crippen LogP contribution in [0.3, 0.4) is 0 Å². The third kappa shape index (κ3) is 3.54. The van der Waals surface area contributed by atoms with E-state index in [-0.39, 0.29) is 17.0 Å². The number of halogens is 1. The van der Waals surface area contributed by atoms with Crippen molar-refractivity contribution in [3.8, 4) is 5.75 Å². The molecule has 3 aromatic carbocycles. The van der Waals surface area contributed by atoms with Gasteiger partial charge < -0.3 is 15.7 Å². The van der Waals surface area contributed by atoms with E-state index in [1.807, 2.05) is 0 Å². The Labute approximate surface area is 148 Å². The number of phenolic OH excluding ortho intramolecular Hbond substituents is 1. The maximum atomic E-state index is 13.8. The van der Waals surface area contributed by atoms with Crippen molar-refractivity contribution in [3.63, 3.8) is 0 Å². The van der Waals surface area contributed by atoms with Gasteiger partial charge in [0.05, 0.1) is 5.69 Å². The first-order chi connectivity index (χ1) is 12.5. The molecule has 6 heteroatoms. The van der Waals surface area contributed by atoms with E-state index >= 15 is 0 Å². The molecule has 0 aliphatic rings. The summed E-state index contributed by atoms with van der Waals surface area (Å²) in [5.41, 5.74) is 0.472. The highest BCUT2D eigenvalue weighted by molar-refractivity contribution is 6.08. The Hall–Kier alpha value is -3.67. The summed E-state index contributed by atoms with van der Waals surface area (Å²) < 4.78 is 13.8. The number of fused-ring (bicyclic) bond motifs is 1. The first kappa shape index (κ1) is 17.2. The molecule has 0 heterocycles. The topological polar surface area (TPSA) is 78.4 Å². The lowest BCUT2D eigenvalue weighted by molar-refractivity contribution is -0.111. The van der Waals surface area contributed by atoms with Crippen LogP contribution < -0.4 is 10.6 Å². The average molecular weight is 350 g/mol. The molecule has 0 aliphatic heterocycles. The minimum atomic E-state index is -0.637. The summed E-state index contributed by atoms with van der Waals surface area (Å²) in [5.74, 6) is -1.68. The third-order valence-electron chi connectivity index (χ3n) is 3.77. The molecule has 26 heavy (non-hydrogen) atoms. The molecule has 130 valence electrons. The van der Waals surface area contributed by atoms with Gasteiger partial charge in [-0.05, 0) is 41.8 Å². The number of amides is 2. The molecule has 3 rings (SSSR count). The minimum Gasteiger partial charge on any atom is -0.507 e. The maximum absolute atomic E-state index is 13.8. The molecule has 0 saturated carbocycles. The van der Waals surface area contributed by atoms with Crippen LogP contribution in [0.4, 0.5) is 15.8 Å². The van der Waals surface area contributed by atoms with Crippen LogP contribution in [0.2, 0.25) is 0 Å². The van der Waals surface area contributed by atoms with E-state index in [0.717, 1.165) is 17.5 Å². The molecule has 0 bridgehead atoms. The van der Waals surface area contributed by atoms with Gasteiger partial charge in [0.1, 0.15) is 11.6 Å². The molecule has 5 nitrogen and oxygen atoms in total. The number of carbonyl (C=O) groups is 2. The average Bonchev–Trinajstić information content (AvgIpc) is 2.64. The molecule has 0 aromatic heterocycles. The highest BCUT2D eigenvalue weighted by atomic mass is 19.1. The molecule has 0 fully saturated rings. The zero-order chi connectivity index (χ0) is 18.7. The predicted molar refractivity (Wildman–Crippen MR) is 98.8 cm³/mol. The smallest absolute Gasteiger partial charge is 0.255 e. The van der Waals surface area contributed by atoms with Crippen molar-refractivity contribution < 1.29 is 19.1 Å². The zero-order valence-electron chi connectivity index (χ0n) is 13.6. The highest BCUT2D eigenvalue weighted by Gasteiger charge is 2.12. The second-order valence-electron chi connectivity index (χ2n) is 5.56. The summed E-state index contributed by atoms with van der Waals surface area (Å²) in [4.78, 5) is 23.8. The maximum Gasteiger partial charge on any atom is 0.255 e. The third-order valence-corrected chi connectivity index (χ3v) is 3.77. The van der Waals surface area contributed by atoms with Gasteiger partial charge in [-0.15, -0.1) is 0 Å². The van der Waals surface area contributed by atoms with Crippen molar-refractivity contribution in [2.24, 2.45) is 0 Å². The van der Waals surface area contributed by atoms with Crippen LogP contribution in [0.5, 0.6) is 5.75 Å². The monoisotopic (exact) mass is 350 g/mol. The van der Waals surface area contributed by atoms with Gasteiger partial charge >= 0.3 is 0 Å². The van der Waals surface area contributed by atoms with Crippen molar-refractivity contribution in [1.82, 2.24) is 0 Å². The fourth-order valence-electron chi connectivity index (χ4n) is 2.51. The Kier molecular flexibility index (Phi) is 4.66. The van der Waals surface area contributed by atoms with Gasteiger partial charge in [0.15, 0.2) is 0 Å². The lowest BCUT2D eigenvalue weighted by Gasteiger charge is -2.10. The van der Waals surface area contributed by atoms with Gasteiger partial charge in [0.25, 0.3) is 5.91 Å². The van der Waals surface area contributed by atoms with Crippen LogP contribution >= 0.6 is 0 Å². The fourth-order valence-corrected chi connectivity index (χ4v) is 2.51. The number of benzene rings is 3. The largest absolute Gasteiger partial charge is 0.507 e. The Morgan fingerprint density at radius 3 is 2.58 bits per heavy atom. The summed E-state index contributed by atoms with van der Waals surface area (Å²) in [6, 6.07) is 13.9. The standard InChI is InChI=1S/C20H15FN2O3/c1-2-19(25)23-17-11-14(7-8-16(17)21)22-20(26)13-9-12-5-3-4-6-15(12)18(24)10-13/h2-11,24H,1H2,(H,22,26)(H,23,25). The van der Waals surface area contributed by atoms with Crippen LogP contribution in [-0.2, 0) is 4.79 Å². The van der Waals surface area contributed by atoms with Gasteiger partial charge in [-0.1, -0.05) is 30.8 Å². The van der Waals surface area contributed by atoms with Crippen LogP contribution in [0, 0.1) is 5.82 Å². The highest BCUT2D eigenvalue weighted by Crippen LogP contribution is 2.27. The van der Waals surface area contributed by atoms with Crippen LogP contribution in [0.1, 0.15) is 10.4 Å². The van der Waals surface area contributed by atoms with Crippen LogP contribution in [-0.4, -0.2) is 16.9 Å². The number of anilines is 2. The van der Waals surface area contributed by atoms with Gasteiger partial charge in [-0.2, -0.15) is 0 Å². The number of nitrogens with one attached hydrogen (secondary N) is 2. The summed E-state index contributed by atoms with van der Waals surface area (Å²) in [6.07, 6.45) is 1.02. The number of hydrogen-bond acceptors (Lipinski definition) is 3. The van der Waals surface area contributed by atoms with E-state index in [1.165, 1.54) is 18.2 Å². The molecule has 0 aliphatic carbocycles. The first-order valence-electron chi connectivity index (χ1n) is 7.74. The van der Waals surface area contributed by atoms with E-state index < -0.39 is 17.6 Å². The van der Waals surface area contributed by atoms with Gasteiger partial charge in [-0.25, -0.2) is 4.39 Å². The fraction of sp³-hybridized carbons (Fsp3) is 0. The normalized spacial score (nSPS) is 10.3. The second kappa shape index (κ2) is 7.06. The molecule has 0 radical (unpaired) electrons. The van der Waals surface area contributed by atoms with E-state index in [4.69, 9.17) is 0 Å². The molecule has 3 N–H and O–H groups in total. The Balaban J connectivity index is 1.87. The van der Waals surface area contributed by atoms with Crippen LogP contribution in [0.15, 0.2) is 67.3 Å². The number of phenols is 1. The van der Waals surface area contributed by atoms with Crippen molar-refractivity contribution in [3.05, 3.63) is 78.6 Å². The molecule has 0 atom stereocenters. The molecule has 2 amide bonds. The summed E-state index contributed by atoms with van der Waals surface area (Å²) in [5, 5.41) is 16.4. The minimum absolute atomic E-state index is 0.00806. The molecular formula is C20H15FN2O3. The SMILES string of the molecule is C=CC(=O)Nc1cc(NC(=O)c2cc(O)c3ccccc3c2)ccc1F. The van der Waals surface area contributed by atoms with E-state index in [0.29, 0.717) is 11.1 Å². The Morgan fingerprint density at radius 2 is 1.81 bits per heavy atom. The molecular weight excluding hydrogens is 335 g/mol. The number of carbonyl (C=O) groups excluding carboxylic acids is 2. The van der Waals surface area contributed by atoms with E-state index in [2.05, 4.69) is 17.2 Å².